The van der Waals surface area contributed by atoms with Crippen LogP contribution in [-0.4, -0.2) is 44.8 Å². The molecule has 1 aliphatic heterocycles. The van der Waals surface area contributed by atoms with E-state index in [1.165, 1.54) is 0 Å². The molecule has 0 amide bonds. The van der Waals surface area contributed by atoms with Crippen LogP contribution in [0.2, 0.25) is 5.02 Å². The number of hydrogen-bond donors (Lipinski definition) is 3. The zero-order chi connectivity index (χ0) is 18.3. The molecule has 1 aromatic heterocycles. The summed E-state index contributed by atoms with van der Waals surface area (Å²) in [6, 6.07) is 15.6. The first-order chi connectivity index (χ1) is 12.5. The van der Waals surface area contributed by atoms with E-state index in [0.717, 1.165) is 22.0 Å². The number of aliphatic hydroxyl groups is 3. The number of benzene rings is 2. The van der Waals surface area contributed by atoms with Crippen LogP contribution in [0.3, 0.4) is 0 Å². The maximum Gasteiger partial charge on any atom is 0.162 e. The third-order valence-electron chi connectivity index (χ3n) is 4.86. The van der Waals surface area contributed by atoms with Crippen molar-refractivity contribution in [2.45, 2.75) is 31.0 Å². The molecule has 1 aliphatic rings. The molecule has 0 aliphatic carbocycles. The average Bonchev–Trinajstić information content (AvgIpc) is 2.98. The summed E-state index contributed by atoms with van der Waals surface area (Å²) in [5, 5.41) is 31.7. The average molecular weight is 374 g/mol. The predicted molar refractivity (Wildman–Crippen MR) is 99.2 cm³/mol. The van der Waals surface area contributed by atoms with E-state index in [1.807, 2.05) is 41.1 Å². The van der Waals surface area contributed by atoms with Crippen LogP contribution < -0.4 is 0 Å². The molecule has 3 N–H and O–H groups in total. The van der Waals surface area contributed by atoms with Crippen molar-refractivity contribution in [1.29, 1.82) is 0 Å². The molecule has 0 unspecified atom stereocenters. The molecular weight excluding hydrogens is 354 g/mol. The van der Waals surface area contributed by atoms with Crippen molar-refractivity contribution in [2.24, 2.45) is 0 Å². The fraction of sp³-hybridized carbons (Fsp3) is 0.300. The standard InChI is InChI=1S/C20H20ClNO4/c21-14-6-7-16-15(9-14)13(8-12-4-2-1-3-5-12)10-22(16)20-19(25)18(24)17(23)11-26-20/h1-7,9-10,17-20,23-25H,8,11H2/t17-,18+,19-,20-/m1/s1. The van der Waals surface area contributed by atoms with Crippen molar-refractivity contribution in [1.82, 2.24) is 4.57 Å². The van der Waals surface area contributed by atoms with Crippen LogP contribution in [0.4, 0.5) is 0 Å². The summed E-state index contributed by atoms with van der Waals surface area (Å²) in [6.07, 6.45) is -1.72. The Morgan fingerprint density at radius 1 is 1.04 bits per heavy atom. The number of halogens is 1. The highest BCUT2D eigenvalue weighted by molar-refractivity contribution is 6.31. The lowest BCUT2D eigenvalue weighted by Gasteiger charge is -2.36. The van der Waals surface area contributed by atoms with E-state index in [-0.39, 0.29) is 6.61 Å². The summed E-state index contributed by atoms with van der Waals surface area (Å²) < 4.78 is 7.44. The number of nitrogens with zero attached hydrogens (tertiary/aromatic N) is 1. The van der Waals surface area contributed by atoms with Crippen LogP contribution in [0.1, 0.15) is 17.4 Å². The van der Waals surface area contributed by atoms with E-state index < -0.39 is 24.5 Å². The van der Waals surface area contributed by atoms with Crippen LogP contribution in [0.5, 0.6) is 0 Å². The number of ether oxygens (including phenoxy) is 1. The van der Waals surface area contributed by atoms with Crippen LogP contribution >= 0.6 is 11.6 Å². The largest absolute Gasteiger partial charge is 0.388 e. The van der Waals surface area contributed by atoms with Gasteiger partial charge in [0.25, 0.3) is 0 Å². The smallest absolute Gasteiger partial charge is 0.162 e. The Morgan fingerprint density at radius 2 is 1.81 bits per heavy atom. The Kier molecular flexibility index (Phi) is 4.73. The van der Waals surface area contributed by atoms with Crippen molar-refractivity contribution in [3.8, 4) is 0 Å². The Bertz CT molecular complexity index is 911. The third kappa shape index (κ3) is 3.13. The van der Waals surface area contributed by atoms with Gasteiger partial charge in [0.1, 0.15) is 18.3 Å². The van der Waals surface area contributed by atoms with Crippen LogP contribution in [0.25, 0.3) is 10.9 Å². The fourth-order valence-corrected chi connectivity index (χ4v) is 3.67. The first-order valence-corrected chi connectivity index (χ1v) is 8.91. The van der Waals surface area contributed by atoms with Crippen molar-refractivity contribution >= 4 is 22.5 Å². The summed E-state index contributed by atoms with van der Waals surface area (Å²) >= 11 is 6.20. The zero-order valence-corrected chi connectivity index (χ0v) is 14.8. The monoisotopic (exact) mass is 373 g/mol. The molecule has 5 nitrogen and oxygen atoms in total. The minimum absolute atomic E-state index is 0.0375. The van der Waals surface area contributed by atoms with E-state index in [2.05, 4.69) is 12.1 Å². The van der Waals surface area contributed by atoms with Gasteiger partial charge in [0.2, 0.25) is 0 Å². The van der Waals surface area contributed by atoms with Gasteiger partial charge in [-0.1, -0.05) is 41.9 Å². The minimum Gasteiger partial charge on any atom is -0.388 e. The molecule has 0 spiro atoms. The lowest BCUT2D eigenvalue weighted by atomic mass is 10.0. The van der Waals surface area contributed by atoms with E-state index in [9.17, 15) is 15.3 Å². The Labute approximate surface area is 156 Å². The lowest BCUT2D eigenvalue weighted by molar-refractivity contribution is -0.209. The van der Waals surface area contributed by atoms with Crippen molar-refractivity contribution in [3.63, 3.8) is 0 Å². The van der Waals surface area contributed by atoms with Crippen molar-refractivity contribution < 1.29 is 20.1 Å². The Hall–Kier alpha value is -1.89. The van der Waals surface area contributed by atoms with Crippen LogP contribution in [0, 0.1) is 0 Å². The highest BCUT2D eigenvalue weighted by atomic mass is 35.5. The highest BCUT2D eigenvalue weighted by Gasteiger charge is 2.39. The van der Waals surface area contributed by atoms with E-state index in [0.29, 0.717) is 11.4 Å². The predicted octanol–water partition coefficient (Wildman–Crippen LogP) is 2.50. The van der Waals surface area contributed by atoms with E-state index in [4.69, 9.17) is 16.3 Å². The maximum atomic E-state index is 10.4. The molecule has 3 aromatic rings. The SMILES string of the molecule is O[C@@H]1[C@@H](O)[C@H](n2cc(Cc3ccccc3)c3cc(Cl)ccc32)OC[C@H]1O. The van der Waals surface area contributed by atoms with Gasteiger partial charge in [-0.05, 0) is 35.7 Å². The Balaban J connectivity index is 1.78. The van der Waals surface area contributed by atoms with Crippen LogP contribution in [0.15, 0.2) is 54.7 Å². The van der Waals surface area contributed by atoms with Gasteiger partial charge in [0.05, 0.1) is 12.1 Å². The van der Waals surface area contributed by atoms with Gasteiger partial charge >= 0.3 is 0 Å². The summed E-state index contributed by atoms with van der Waals surface area (Å²) in [5.74, 6) is 0. The lowest BCUT2D eigenvalue weighted by Crippen LogP contribution is -2.50. The molecule has 6 heteroatoms. The molecule has 4 rings (SSSR count). The molecule has 0 radical (unpaired) electrons. The second-order valence-electron chi connectivity index (χ2n) is 6.66. The molecule has 1 fully saturated rings. The van der Waals surface area contributed by atoms with Gasteiger partial charge in [0.15, 0.2) is 6.23 Å². The highest BCUT2D eigenvalue weighted by Crippen LogP contribution is 2.33. The molecule has 26 heavy (non-hydrogen) atoms. The zero-order valence-electron chi connectivity index (χ0n) is 14.0. The maximum absolute atomic E-state index is 10.4. The molecule has 0 saturated carbocycles. The molecule has 0 bridgehead atoms. The van der Waals surface area contributed by atoms with Crippen molar-refractivity contribution in [2.75, 3.05) is 6.61 Å². The molecular formula is C20H20ClNO4. The van der Waals surface area contributed by atoms with E-state index >= 15 is 0 Å². The van der Waals surface area contributed by atoms with Gasteiger partial charge in [-0.15, -0.1) is 0 Å². The first-order valence-electron chi connectivity index (χ1n) is 8.53. The topological polar surface area (TPSA) is 74.9 Å². The minimum atomic E-state index is -1.25. The molecule has 2 heterocycles. The normalized spacial score (nSPS) is 26.3. The number of aliphatic hydroxyl groups excluding tert-OH is 3. The summed E-state index contributed by atoms with van der Waals surface area (Å²) in [7, 11) is 0. The van der Waals surface area contributed by atoms with Gasteiger partial charge < -0.3 is 24.6 Å². The number of rotatable bonds is 3. The van der Waals surface area contributed by atoms with Crippen LogP contribution in [-0.2, 0) is 11.2 Å². The van der Waals surface area contributed by atoms with Gasteiger partial charge in [-0.25, -0.2) is 0 Å². The molecule has 136 valence electrons. The van der Waals surface area contributed by atoms with E-state index in [1.54, 1.807) is 6.07 Å². The van der Waals surface area contributed by atoms with Gasteiger partial charge in [0, 0.05) is 16.6 Å². The number of hydrogen-bond acceptors (Lipinski definition) is 4. The van der Waals surface area contributed by atoms with Gasteiger partial charge in [-0.3, -0.25) is 0 Å². The molecule has 1 saturated heterocycles. The summed E-state index contributed by atoms with van der Waals surface area (Å²) in [6.45, 7) is -0.0375. The fourth-order valence-electron chi connectivity index (χ4n) is 3.50. The van der Waals surface area contributed by atoms with Gasteiger partial charge in [-0.2, -0.15) is 0 Å². The van der Waals surface area contributed by atoms with Crippen molar-refractivity contribution in [3.05, 3.63) is 70.9 Å². The number of fused-ring (bicyclic) bond motifs is 1. The number of aromatic nitrogens is 1. The second-order valence-corrected chi connectivity index (χ2v) is 7.09. The molecule has 4 atom stereocenters. The first kappa shape index (κ1) is 17.5. The summed E-state index contributed by atoms with van der Waals surface area (Å²) in [4.78, 5) is 0. The third-order valence-corrected chi connectivity index (χ3v) is 5.10. The second kappa shape index (κ2) is 7.02. The Morgan fingerprint density at radius 3 is 2.58 bits per heavy atom. The quantitative estimate of drug-likeness (QED) is 0.659. The molecule has 2 aromatic carbocycles. The summed E-state index contributed by atoms with van der Waals surface area (Å²) in [5.41, 5.74) is 3.06.